The minimum atomic E-state index is -0.729. The van der Waals surface area contributed by atoms with Gasteiger partial charge in [-0.25, -0.2) is 0 Å². The van der Waals surface area contributed by atoms with Crippen LogP contribution < -0.4 is 0 Å². The fourth-order valence-corrected chi connectivity index (χ4v) is 3.76. The minimum absolute atomic E-state index is 0.0221. The van der Waals surface area contributed by atoms with Crippen molar-refractivity contribution in [1.82, 2.24) is 4.90 Å². The fraction of sp³-hybridized carbons (Fsp3) is 0.562. The molecule has 4 heteroatoms. The van der Waals surface area contributed by atoms with Crippen LogP contribution in [0.4, 0.5) is 0 Å². The summed E-state index contributed by atoms with van der Waals surface area (Å²) in [4.78, 5) is 14.0. The van der Waals surface area contributed by atoms with E-state index in [0.717, 1.165) is 31.4 Å². The molecule has 1 saturated heterocycles. The van der Waals surface area contributed by atoms with Crippen LogP contribution in [0.3, 0.4) is 0 Å². The fourth-order valence-electron chi connectivity index (χ4n) is 3.46. The third kappa shape index (κ3) is 2.57. The Balaban J connectivity index is 2.35. The van der Waals surface area contributed by atoms with Crippen LogP contribution in [0.2, 0.25) is 5.02 Å². The minimum Gasteiger partial charge on any atom is -0.480 e. The molecule has 1 aliphatic heterocycles. The smallest absolute Gasteiger partial charge is 0.324 e. The molecule has 1 aromatic rings. The molecule has 20 heavy (non-hydrogen) atoms. The maximum absolute atomic E-state index is 11.9. The zero-order valence-corrected chi connectivity index (χ0v) is 12.9. The summed E-state index contributed by atoms with van der Waals surface area (Å²) in [5.41, 5.74) is 0.283. The van der Waals surface area contributed by atoms with Crippen molar-refractivity contribution in [2.24, 2.45) is 0 Å². The highest BCUT2D eigenvalue weighted by atomic mass is 35.5. The van der Waals surface area contributed by atoms with Crippen LogP contribution in [-0.4, -0.2) is 28.1 Å². The van der Waals surface area contributed by atoms with E-state index in [9.17, 15) is 9.90 Å². The van der Waals surface area contributed by atoms with Crippen molar-refractivity contribution in [3.8, 4) is 0 Å². The van der Waals surface area contributed by atoms with E-state index < -0.39 is 11.5 Å². The molecule has 2 atom stereocenters. The third-order valence-electron chi connectivity index (χ3n) is 4.42. The van der Waals surface area contributed by atoms with Crippen molar-refractivity contribution in [1.29, 1.82) is 0 Å². The Labute approximate surface area is 125 Å². The molecule has 0 spiro atoms. The molecule has 3 nitrogen and oxygen atoms in total. The van der Waals surface area contributed by atoms with E-state index in [2.05, 4.69) is 11.8 Å². The Kier molecular flexibility index (Phi) is 4.71. The number of rotatable bonds is 5. The molecule has 0 bridgehead atoms. The highest BCUT2D eigenvalue weighted by Gasteiger charge is 2.48. The molecule has 1 fully saturated rings. The van der Waals surface area contributed by atoms with Crippen molar-refractivity contribution in [2.75, 3.05) is 6.54 Å². The second-order valence-corrected chi connectivity index (χ2v) is 5.99. The van der Waals surface area contributed by atoms with Gasteiger partial charge in [0.1, 0.15) is 5.54 Å². The van der Waals surface area contributed by atoms with Crippen LogP contribution in [0.1, 0.15) is 51.1 Å². The number of carbonyl (C=O) groups is 1. The highest BCUT2D eigenvalue weighted by Crippen LogP contribution is 2.41. The standard InChI is InChI=1S/C16H22ClNO2/c1-3-9-16(15(19)20)10-6-11-18(16)12(2)13-7-4-5-8-14(13)17/h4-5,7-8,12H,3,6,9-11H2,1-2H3,(H,19,20). The number of likely N-dealkylation sites (tertiary alicyclic amines) is 1. The van der Waals surface area contributed by atoms with E-state index in [1.165, 1.54) is 0 Å². The molecule has 0 aromatic heterocycles. The number of carboxylic acid groups (broad SMARTS) is 1. The zero-order chi connectivity index (χ0) is 14.8. The van der Waals surface area contributed by atoms with E-state index in [1.807, 2.05) is 31.2 Å². The van der Waals surface area contributed by atoms with Crippen molar-refractivity contribution < 1.29 is 9.90 Å². The SMILES string of the molecule is CCCC1(C(=O)O)CCCN1C(C)c1ccccc1Cl. The topological polar surface area (TPSA) is 40.5 Å². The van der Waals surface area contributed by atoms with Gasteiger partial charge in [0, 0.05) is 11.1 Å². The Hall–Kier alpha value is -1.06. The first kappa shape index (κ1) is 15.3. The molecule has 2 rings (SSSR count). The summed E-state index contributed by atoms with van der Waals surface area (Å²) >= 11 is 6.27. The van der Waals surface area contributed by atoms with Crippen LogP contribution >= 0.6 is 11.6 Å². The van der Waals surface area contributed by atoms with Crippen molar-refractivity contribution in [3.63, 3.8) is 0 Å². The second kappa shape index (κ2) is 6.15. The van der Waals surface area contributed by atoms with Crippen molar-refractivity contribution in [3.05, 3.63) is 34.9 Å². The summed E-state index contributed by atoms with van der Waals surface area (Å²) in [6.45, 7) is 4.92. The van der Waals surface area contributed by atoms with Gasteiger partial charge in [-0.3, -0.25) is 9.69 Å². The molecule has 0 radical (unpaired) electrons. The lowest BCUT2D eigenvalue weighted by Gasteiger charge is -2.39. The van der Waals surface area contributed by atoms with Gasteiger partial charge in [-0.2, -0.15) is 0 Å². The van der Waals surface area contributed by atoms with Crippen LogP contribution in [0.25, 0.3) is 0 Å². The van der Waals surface area contributed by atoms with Crippen molar-refractivity contribution >= 4 is 17.6 Å². The molecule has 0 amide bonds. The molecule has 2 unspecified atom stereocenters. The Morgan fingerprint density at radius 2 is 2.20 bits per heavy atom. The molecule has 1 N–H and O–H groups in total. The van der Waals surface area contributed by atoms with Gasteiger partial charge in [-0.05, 0) is 44.4 Å². The quantitative estimate of drug-likeness (QED) is 0.888. The first-order valence-electron chi connectivity index (χ1n) is 7.27. The number of benzene rings is 1. The molecule has 0 aliphatic carbocycles. The van der Waals surface area contributed by atoms with Crippen LogP contribution in [0.15, 0.2) is 24.3 Å². The lowest BCUT2D eigenvalue weighted by atomic mass is 9.89. The largest absolute Gasteiger partial charge is 0.480 e. The van der Waals surface area contributed by atoms with Gasteiger partial charge >= 0.3 is 5.97 Å². The zero-order valence-electron chi connectivity index (χ0n) is 12.1. The molecule has 1 heterocycles. The number of hydrogen-bond donors (Lipinski definition) is 1. The number of hydrogen-bond acceptors (Lipinski definition) is 2. The first-order chi connectivity index (χ1) is 9.53. The average Bonchev–Trinajstić information content (AvgIpc) is 2.84. The first-order valence-corrected chi connectivity index (χ1v) is 7.65. The van der Waals surface area contributed by atoms with Gasteiger partial charge < -0.3 is 5.11 Å². The summed E-state index contributed by atoms with van der Waals surface area (Å²) < 4.78 is 0. The summed E-state index contributed by atoms with van der Waals surface area (Å²) in [5.74, 6) is -0.698. The predicted molar refractivity (Wildman–Crippen MR) is 81.1 cm³/mol. The molecular formula is C16H22ClNO2. The van der Waals surface area contributed by atoms with Crippen LogP contribution in [0.5, 0.6) is 0 Å². The molecule has 1 aliphatic rings. The second-order valence-electron chi connectivity index (χ2n) is 5.58. The van der Waals surface area contributed by atoms with Gasteiger partial charge in [0.15, 0.2) is 0 Å². The predicted octanol–water partition coefficient (Wildman–Crippen LogP) is 4.12. The number of carboxylic acids is 1. The van der Waals surface area contributed by atoms with Crippen molar-refractivity contribution in [2.45, 2.75) is 51.1 Å². The summed E-state index contributed by atoms with van der Waals surface area (Å²) in [6, 6.07) is 7.74. The summed E-state index contributed by atoms with van der Waals surface area (Å²) in [7, 11) is 0. The van der Waals surface area contributed by atoms with E-state index >= 15 is 0 Å². The van der Waals surface area contributed by atoms with E-state index in [4.69, 9.17) is 11.6 Å². The highest BCUT2D eigenvalue weighted by molar-refractivity contribution is 6.31. The number of aliphatic carboxylic acids is 1. The molecule has 0 saturated carbocycles. The normalized spacial score (nSPS) is 24.8. The maximum atomic E-state index is 11.9. The van der Waals surface area contributed by atoms with Gasteiger partial charge in [-0.1, -0.05) is 43.1 Å². The Morgan fingerprint density at radius 1 is 1.50 bits per heavy atom. The van der Waals surface area contributed by atoms with E-state index in [-0.39, 0.29) is 6.04 Å². The van der Waals surface area contributed by atoms with Gasteiger partial charge in [0.05, 0.1) is 0 Å². The number of halogens is 1. The Morgan fingerprint density at radius 3 is 2.80 bits per heavy atom. The summed E-state index contributed by atoms with van der Waals surface area (Å²) in [5, 5.41) is 10.5. The van der Waals surface area contributed by atoms with Crippen LogP contribution in [0, 0.1) is 0 Å². The van der Waals surface area contributed by atoms with Gasteiger partial charge in [0.25, 0.3) is 0 Å². The third-order valence-corrected chi connectivity index (χ3v) is 4.77. The summed E-state index contributed by atoms with van der Waals surface area (Å²) in [6.07, 6.45) is 3.22. The van der Waals surface area contributed by atoms with Gasteiger partial charge in [0.2, 0.25) is 0 Å². The van der Waals surface area contributed by atoms with Crippen LogP contribution in [-0.2, 0) is 4.79 Å². The number of nitrogens with zero attached hydrogens (tertiary/aromatic N) is 1. The molecule has 1 aromatic carbocycles. The lowest BCUT2D eigenvalue weighted by molar-refractivity contribution is -0.151. The van der Waals surface area contributed by atoms with E-state index in [0.29, 0.717) is 11.4 Å². The monoisotopic (exact) mass is 295 g/mol. The maximum Gasteiger partial charge on any atom is 0.324 e. The van der Waals surface area contributed by atoms with E-state index in [1.54, 1.807) is 0 Å². The van der Waals surface area contributed by atoms with Gasteiger partial charge in [-0.15, -0.1) is 0 Å². The average molecular weight is 296 g/mol. The molecule has 110 valence electrons. The molecular weight excluding hydrogens is 274 g/mol. The lowest BCUT2D eigenvalue weighted by Crippen LogP contribution is -2.51. The Bertz CT molecular complexity index is 491.